The van der Waals surface area contributed by atoms with Crippen molar-refractivity contribution < 1.29 is 14.4 Å². The van der Waals surface area contributed by atoms with E-state index < -0.39 is 4.92 Å². The van der Waals surface area contributed by atoms with Crippen molar-refractivity contribution in [3.05, 3.63) is 69.1 Å². The minimum atomic E-state index is -0.450. The van der Waals surface area contributed by atoms with Gasteiger partial charge in [-0.1, -0.05) is 19.9 Å². The second-order valence-corrected chi connectivity index (χ2v) is 8.30. The summed E-state index contributed by atoms with van der Waals surface area (Å²) in [6, 6.07) is 10.1. The van der Waals surface area contributed by atoms with E-state index in [-0.39, 0.29) is 17.5 Å². The number of nitro benzene ring substituents is 1. The molecule has 8 nitrogen and oxygen atoms in total. The van der Waals surface area contributed by atoms with E-state index in [9.17, 15) is 15.2 Å². The average molecular weight is 425 g/mol. The quantitative estimate of drug-likeness (QED) is 0.392. The lowest BCUT2D eigenvalue weighted by Gasteiger charge is -2.26. The average Bonchev–Trinajstić information content (AvgIpc) is 3.17. The van der Waals surface area contributed by atoms with Gasteiger partial charge in [0, 0.05) is 35.8 Å². The first kappa shape index (κ1) is 22.4. The Morgan fingerprint density at radius 3 is 2.35 bits per heavy atom. The molecule has 0 radical (unpaired) electrons. The number of hydrogen-bond acceptors (Lipinski definition) is 7. The standard InChI is InChI=1S/C23H28N4O4/c1-14(2)20-11-18(21(28)10-16(20)5)12-26(15(3)4)13-22-24-25-23(31-22)17-6-8-19(9-7-17)27(29)30/h6-11,14-15,28H,12-13H2,1-5H3. The molecule has 1 heterocycles. The molecule has 0 atom stereocenters. The van der Waals surface area contributed by atoms with Crippen LogP contribution in [0.25, 0.3) is 11.5 Å². The van der Waals surface area contributed by atoms with Crippen molar-refractivity contribution in [1.82, 2.24) is 15.1 Å². The number of aromatic hydroxyl groups is 1. The molecule has 0 spiro atoms. The van der Waals surface area contributed by atoms with Gasteiger partial charge >= 0.3 is 0 Å². The van der Waals surface area contributed by atoms with E-state index in [0.717, 1.165) is 11.1 Å². The maximum atomic E-state index is 10.8. The Kier molecular flexibility index (Phi) is 6.70. The van der Waals surface area contributed by atoms with Gasteiger partial charge < -0.3 is 9.52 Å². The Balaban J connectivity index is 1.79. The topological polar surface area (TPSA) is 106 Å². The van der Waals surface area contributed by atoms with Crippen molar-refractivity contribution in [1.29, 1.82) is 0 Å². The molecule has 0 aliphatic heterocycles. The number of nitro groups is 1. The second-order valence-electron chi connectivity index (χ2n) is 8.30. The molecule has 0 aliphatic carbocycles. The third-order valence-electron chi connectivity index (χ3n) is 5.32. The van der Waals surface area contributed by atoms with Crippen LogP contribution in [0.4, 0.5) is 5.69 Å². The summed E-state index contributed by atoms with van der Waals surface area (Å²) in [5.74, 6) is 1.41. The molecular formula is C23H28N4O4. The number of phenols is 1. The number of aryl methyl sites for hydroxylation is 1. The monoisotopic (exact) mass is 424 g/mol. The van der Waals surface area contributed by atoms with Gasteiger partial charge in [0.1, 0.15) is 5.75 Å². The minimum absolute atomic E-state index is 0.00754. The fourth-order valence-corrected chi connectivity index (χ4v) is 3.48. The Morgan fingerprint density at radius 2 is 1.77 bits per heavy atom. The van der Waals surface area contributed by atoms with Gasteiger partial charge in [-0.05, 0) is 56.0 Å². The smallest absolute Gasteiger partial charge is 0.269 e. The summed E-state index contributed by atoms with van der Waals surface area (Å²) in [5, 5.41) is 29.5. The molecule has 1 aromatic heterocycles. The third kappa shape index (κ3) is 5.27. The molecular weight excluding hydrogens is 396 g/mol. The van der Waals surface area contributed by atoms with Gasteiger partial charge in [-0.2, -0.15) is 0 Å². The van der Waals surface area contributed by atoms with E-state index in [0.29, 0.717) is 36.4 Å². The van der Waals surface area contributed by atoms with Gasteiger partial charge in [-0.3, -0.25) is 15.0 Å². The highest BCUT2D eigenvalue weighted by Gasteiger charge is 2.19. The van der Waals surface area contributed by atoms with Crippen molar-refractivity contribution in [2.45, 2.75) is 59.7 Å². The van der Waals surface area contributed by atoms with Crippen LogP contribution in [-0.2, 0) is 13.1 Å². The van der Waals surface area contributed by atoms with Crippen LogP contribution in [0, 0.1) is 17.0 Å². The van der Waals surface area contributed by atoms with Crippen LogP contribution >= 0.6 is 0 Å². The predicted octanol–water partition coefficient (Wildman–Crippen LogP) is 5.19. The molecule has 0 bridgehead atoms. The summed E-state index contributed by atoms with van der Waals surface area (Å²) in [4.78, 5) is 12.5. The molecule has 0 aliphatic rings. The number of non-ortho nitro benzene ring substituents is 1. The first-order valence-electron chi connectivity index (χ1n) is 10.3. The lowest BCUT2D eigenvalue weighted by Crippen LogP contribution is -2.30. The zero-order valence-electron chi connectivity index (χ0n) is 18.5. The molecule has 0 saturated carbocycles. The zero-order chi connectivity index (χ0) is 22.7. The van der Waals surface area contributed by atoms with E-state index in [1.54, 1.807) is 12.1 Å². The molecule has 3 rings (SSSR count). The lowest BCUT2D eigenvalue weighted by atomic mass is 9.95. The van der Waals surface area contributed by atoms with Crippen molar-refractivity contribution in [3.63, 3.8) is 0 Å². The van der Waals surface area contributed by atoms with Gasteiger partial charge in [0.05, 0.1) is 11.5 Å². The van der Waals surface area contributed by atoms with Crippen LogP contribution in [0.15, 0.2) is 40.8 Å². The van der Waals surface area contributed by atoms with E-state index >= 15 is 0 Å². The lowest BCUT2D eigenvalue weighted by molar-refractivity contribution is -0.384. The highest BCUT2D eigenvalue weighted by Crippen LogP contribution is 2.29. The van der Waals surface area contributed by atoms with Gasteiger partial charge in [-0.15, -0.1) is 10.2 Å². The Hall–Kier alpha value is -3.26. The van der Waals surface area contributed by atoms with Crippen LogP contribution in [0.1, 0.15) is 56.2 Å². The van der Waals surface area contributed by atoms with Crippen LogP contribution in [-0.4, -0.2) is 31.2 Å². The summed E-state index contributed by atoms with van der Waals surface area (Å²) in [5.41, 5.74) is 3.79. The Morgan fingerprint density at radius 1 is 1.10 bits per heavy atom. The number of nitrogens with zero attached hydrogens (tertiary/aromatic N) is 4. The van der Waals surface area contributed by atoms with E-state index in [1.165, 1.54) is 17.7 Å². The molecule has 0 saturated heterocycles. The number of benzene rings is 2. The molecule has 8 heteroatoms. The summed E-state index contributed by atoms with van der Waals surface area (Å²) >= 11 is 0. The minimum Gasteiger partial charge on any atom is -0.508 e. The summed E-state index contributed by atoms with van der Waals surface area (Å²) in [6.07, 6.45) is 0. The van der Waals surface area contributed by atoms with Gasteiger partial charge in [0.2, 0.25) is 11.8 Å². The Bertz CT molecular complexity index is 1060. The third-order valence-corrected chi connectivity index (χ3v) is 5.32. The van der Waals surface area contributed by atoms with Crippen molar-refractivity contribution >= 4 is 5.69 Å². The number of rotatable bonds is 8. The van der Waals surface area contributed by atoms with Gasteiger partial charge in [0.25, 0.3) is 5.69 Å². The second kappa shape index (κ2) is 9.26. The molecule has 1 N–H and O–H groups in total. The molecule has 3 aromatic rings. The fraction of sp³-hybridized carbons (Fsp3) is 0.391. The molecule has 0 unspecified atom stereocenters. The first-order chi connectivity index (χ1) is 14.7. The highest BCUT2D eigenvalue weighted by atomic mass is 16.6. The SMILES string of the molecule is Cc1cc(O)c(CN(Cc2nnc(-c3ccc([N+](=O)[O-])cc3)o2)C(C)C)cc1C(C)C. The Labute approximate surface area is 181 Å². The largest absolute Gasteiger partial charge is 0.508 e. The molecule has 31 heavy (non-hydrogen) atoms. The van der Waals surface area contributed by atoms with Gasteiger partial charge in [-0.25, -0.2) is 0 Å². The molecule has 164 valence electrons. The summed E-state index contributed by atoms with van der Waals surface area (Å²) < 4.78 is 5.80. The molecule has 0 amide bonds. The molecule has 0 fully saturated rings. The predicted molar refractivity (Wildman–Crippen MR) is 118 cm³/mol. The zero-order valence-corrected chi connectivity index (χ0v) is 18.5. The van der Waals surface area contributed by atoms with Crippen LogP contribution < -0.4 is 0 Å². The number of hydrogen-bond donors (Lipinski definition) is 1. The summed E-state index contributed by atoms with van der Waals surface area (Å²) in [7, 11) is 0. The highest BCUT2D eigenvalue weighted by molar-refractivity contribution is 5.55. The van der Waals surface area contributed by atoms with Crippen molar-refractivity contribution in [3.8, 4) is 17.2 Å². The maximum absolute atomic E-state index is 10.8. The van der Waals surface area contributed by atoms with Gasteiger partial charge in [0.15, 0.2) is 0 Å². The van der Waals surface area contributed by atoms with Crippen LogP contribution in [0.3, 0.4) is 0 Å². The first-order valence-corrected chi connectivity index (χ1v) is 10.3. The van der Waals surface area contributed by atoms with Crippen LogP contribution in [0.5, 0.6) is 5.75 Å². The van der Waals surface area contributed by atoms with E-state index in [4.69, 9.17) is 4.42 Å². The fourth-order valence-electron chi connectivity index (χ4n) is 3.48. The summed E-state index contributed by atoms with van der Waals surface area (Å²) in [6.45, 7) is 11.4. The normalized spacial score (nSPS) is 11.6. The molecule has 2 aromatic carbocycles. The number of aromatic nitrogens is 2. The maximum Gasteiger partial charge on any atom is 0.269 e. The van der Waals surface area contributed by atoms with Crippen molar-refractivity contribution in [2.75, 3.05) is 0 Å². The van der Waals surface area contributed by atoms with E-state index in [1.807, 2.05) is 13.0 Å². The van der Waals surface area contributed by atoms with E-state index in [2.05, 4.69) is 48.9 Å². The number of phenolic OH excluding ortho intramolecular Hbond substituents is 1. The van der Waals surface area contributed by atoms with Crippen LogP contribution in [0.2, 0.25) is 0 Å². The van der Waals surface area contributed by atoms with Crippen molar-refractivity contribution in [2.24, 2.45) is 0 Å².